The average molecular weight is 206 g/mol. The molecule has 0 spiro atoms. The standard InChI is InChI=1S/C8H14O6/c1-4(10)8(13)3-14-5(2-9)6(11)7(8)12/h5-7,9,11-13H,2-3H2,1H3/t5-,6+,7+,8-/m1/s1. The summed E-state index contributed by atoms with van der Waals surface area (Å²) in [5, 5.41) is 37.2. The van der Waals surface area contributed by atoms with Gasteiger partial charge in [0.2, 0.25) is 0 Å². The van der Waals surface area contributed by atoms with Gasteiger partial charge in [0.05, 0.1) is 13.2 Å². The van der Waals surface area contributed by atoms with Gasteiger partial charge in [-0.15, -0.1) is 0 Å². The SMILES string of the molecule is CC(=O)[C@]1(O)CO[C@H](CO)[C@H](O)[C@@H]1O. The normalized spacial score (nSPS) is 43.6. The maximum Gasteiger partial charge on any atom is 0.174 e. The highest BCUT2D eigenvalue weighted by atomic mass is 16.5. The van der Waals surface area contributed by atoms with Crippen LogP contribution in [0.25, 0.3) is 0 Å². The van der Waals surface area contributed by atoms with E-state index in [1.54, 1.807) is 0 Å². The quantitative estimate of drug-likeness (QED) is 0.395. The first-order chi connectivity index (χ1) is 6.43. The molecule has 1 aliphatic heterocycles. The smallest absolute Gasteiger partial charge is 0.174 e. The van der Waals surface area contributed by atoms with Gasteiger partial charge in [-0.1, -0.05) is 0 Å². The van der Waals surface area contributed by atoms with Crippen molar-refractivity contribution >= 4 is 5.78 Å². The van der Waals surface area contributed by atoms with Crippen LogP contribution < -0.4 is 0 Å². The highest BCUT2D eigenvalue weighted by Gasteiger charge is 2.51. The number of carbonyl (C=O) groups excluding carboxylic acids is 1. The Morgan fingerprint density at radius 3 is 2.57 bits per heavy atom. The van der Waals surface area contributed by atoms with Crippen LogP contribution in [-0.2, 0) is 9.53 Å². The molecule has 0 bridgehead atoms. The fourth-order valence-corrected chi connectivity index (χ4v) is 1.37. The van der Waals surface area contributed by atoms with E-state index >= 15 is 0 Å². The lowest BCUT2D eigenvalue weighted by molar-refractivity contribution is -0.233. The van der Waals surface area contributed by atoms with Crippen LogP contribution in [0.5, 0.6) is 0 Å². The predicted molar refractivity (Wildman–Crippen MR) is 44.5 cm³/mol. The molecule has 0 aromatic rings. The van der Waals surface area contributed by atoms with Crippen molar-refractivity contribution in [2.75, 3.05) is 13.2 Å². The average Bonchev–Trinajstić information content (AvgIpc) is 2.14. The van der Waals surface area contributed by atoms with E-state index in [0.29, 0.717) is 0 Å². The van der Waals surface area contributed by atoms with Crippen LogP contribution >= 0.6 is 0 Å². The van der Waals surface area contributed by atoms with Crippen LogP contribution in [0.1, 0.15) is 6.92 Å². The molecule has 1 rings (SSSR count). The minimum absolute atomic E-state index is 0.425. The summed E-state index contributed by atoms with van der Waals surface area (Å²) in [7, 11) is 0. The molecule has 0 saturated carbocycles. The van der Waals surface area contributed by atoms with E-state index in [-0.39, 0.29) is 0 Å². The zero-order chi connectivity index (χ0) is 10.9. The van der Waals surface area contributed by atoms with E-state index in [1.807, 2.05) is 0 Å². The second-order valence-corrected chi connectivity index (χ2v) is 3.45. The summed E-state index contributed by atoms with van der Waals surface area (Å²) < 4.78 is 4.86. The van der Waals surface area contributed by atoms with Gasteiger partial charge in [-0.2, -0.15) is 0 Å². The number of hydrogen-bond donors (Lipinski definition) is 4. The number of Topliss-reactive ketones (excluding diaryl/α,β-unsaturated/α-hetero) is 1. The van der Waals surface area contributed by atoms with Gasteiger partial charge in [0.1, 0.15) is 18.3 Å². The number of rotatable bonds is 2. The van der Waals surface area contributed by atoms with Gasteiger partial charge in [-0.25, -0.2) is 0 Å². The zero-order valence-electron chi connectivity index (χ0n) is 7.75. The summed E-state index contributed by atoms with van der Waals surface area (Å²) >= 11 is 0. The van der Waals surface area contributed by atoms with Gasteiger partial charge in [0, 0.05) is 0 Å². The first-order valence-corrected chi connectivity index (χ1v) is 4.25. The van der Waals surface area contributed by atoms with Crippen LogP contribution in [0.15, 0.2) is 0 Å². The minimum atomic E-state index is -2.08. The first-order valence-electron chi connectivity index (χ1n) is 4.25. The highest BCUT2D eigenvalue weighted by Crippen LogP contribution is 2.24. The van der Waals surface area contributed by atoms with Crippen molar-refractivity contribution in [1.29, 1.82) is 0 Å². The molecule has 6 nitrogen and oxygen atoms in total. The molecule has 14 heavy (non-hydrogen) atoms. The number of aliphatic hydroxyl groups excluding tert-OH is 3. The number of carbonyl (C=O) groups is 1. The monoisotopic (exact) mass is 206 g/mol. The van der Waals surface area contributed by atoms with Crippen LogP contribution in [-0.4, -0.2) is 63.3 Å². The first kappa shape index (κ1) is 11.5. The zero-order valence-corrected chi connectivity index (χ0v) is 7.75. The Labute approximate surface area is 80.7 Å². The van der Waals surface area contributed by atoms with E-state index in [1.165, 1.54) is 0 Å². The summed E-state index contributed by atoms with van der Waals surface area (Å²) in [5.41, 5.74) is -2.08. The molecule has 0 aromatic heterocycles. The lowest BCUT2D eigenvalue weighted by Crippen LogP contribution is -2.64. The topological polar surface area (TPSA) is 107 Å². The van der Waals surface area contributed by atoms with Crippen LogP contribution in [0.4, 0.5) is 0 Å². The lowest BCUT2D eigenvalue weighted by atomic mass is 9.85. The number of aliphatic hydroxyl groups is 4. The van der Waals surface area contributed by atoms with Gasteiger partial charge in [0.15, 0.2) is 11.4 Å². The van der Waals surface area contributed by atoms with Crippen molar-refractivity contribution in [3.05, 3.63) is 0 Å². The summed E-state index contributed by atoms with van der Waals surface area (Å²) in [5.74, 6) is -0.680. The molecule has 4 atom stereocenters. The van der Waals surface area contributed by atoms with Crippen molar-refractivity contribution in [1.82, 2.24) is 0 Å². The Kier molecular flexibility index (Phi) is 3.23. The highest BCUT2D eigenvalue weighted by molar-refractivity contribution is 5.85. The molecule has 0 aromatic carbocycles. The molecule has 0 amide bonds. The molecule has 0 aliphatic carbocycles. The van der Waals surface area contributed by atoms with E-state index in [9.17, 15) is 20.1 Å². The summed E-state index contributed by atoms with van der Waals surface area (Å²) in [6.07, 6.45) is -4.07. The molecule has 1 heterocycles. The maximum atomic E-state index is 11.0. The lowest BCUT2D eigenvalue weighted by Gasteiger charge is -2.41. The largest absolute Gasteiger partial charge is 0.394 e. The minimum Gasteiger partial charge on any atom is -0.394 e. The van der Waals surface area contributed by atoms with Gasteiger partial charge >= 0.3 is 0 Å². The molecule has 1 saturated heterocycles. The fraction of sp³-hybridized carbons (Fsp3) is 0.875. The molecule has 6 heteroatoms. The molecule has 1 aliphatic rings. The van der Waals surface area contributed by atoms with Crippen molar-refractivity contribution in [2.24, 2.45) is 0 Å². The maximum absolute atomic E-state index is 11.0. The molecule has 4 N–H and O–H groups in total. The predicted octanol–water partition coefficient (Wildman–Crippen LogP) is -2.58. The van der Waals surface area contributed by atoms with Crippen LogP contribution in [0.3, 0.4) is 0 Å². The van der Waals surface area contributed by atoms with E-state index in [4.69, 9.17) is 9.84 Å². The van der Waals surface area contributed by atoms with Crippen LogP contribution in [0.2, 0.25) is 0 Å². The molecule has 82 valence electrons. The third-order valence-electron chi connectivity index (χ3n) is 2.50. The van der Waals surface area contributed by atoms with E-state index in [0.717, 1.165) is 6.92 Å². The molecular weight excluding hydrogens is 192 g/mol. The van der Waals surface area contributed by atoms with Gasteiger partial charge in [0.25, 0.3) is 0 Å². The Morgan fingerprint density at radius 1 is 1.57 bits per heavy atom. The van der Waals surface area contributed by atoms with Crippen molar-refractivity contribution in [3.63, 3.8) is 0 Å². The van der Waals surface area contributed by atoms with E-state index < -0.39 is 42.9 Å². The summed E-state index contributed by atoms with van der Waals surface area (Å²) in [4.78, 5) is 11.0. The number of ether oxygens (including phenoxy) is 1. The second kappa shape index (κ2) is 3.92. The summed E-state index contributed by atoms with van der Waals surface area (Å²) in [6.45, 7) is 0.191. The molecule has 1 fully saturated rings. The third-order valence-corrected chi connectivity index (χ3v) is 2.50. The number of ketones is 1. The second-order valence-electron chi connectivity index (χ2n) is 3.45. The van der Waals surface area contributed by atoms with Gasteiger partial charge in [-0.3, -0.25) is 4.79 Å². The van der Waals surface area contributed by atoms with E-state index in [2.05, 4.69) is 0 Å². The molecule has 0 unspecified atom stereocenters. The van der Waals surface area contributed by atoms with Crippen LogP contribution in [0, 0.1) is 0 Å². The molecule has 0 radical (unpaired) electrons. The fourth-order valence-electron chi connectivity index (χ4n) is 1.37. The molecular formula is C8H14O6. The van der Waals surface area contributed by atoms with Crippen molar-refractivity contribution in [2.45, 2.75) is 30.8 Å². The summed E-state index contributed by atoms with van der Waals surface area (Å²) in [6, 6.07) is 0. The van der Waals surface area contributed by atoms with Crippen molar-refractivity contribution in [3.8, 4) is 0 Å². The Bertz CT molecular complexity index is 230. The number of hydrogen-bond acceptors (Lipinski definition) is 6. The Balaban J connectivity index is 2.83. The van der Waals surface area contributed by atoms with Gasteiger partial charge in [-0.05, 0) is 6.92 Å². The third kappa shape index (κ3) is 1.67. The van der Waals surface area contributed by atoms with Gasteiger partial charge < -0.3 is 25.2 Å². The Morgan fingerprint density at radius 2 is 2.14 bits per heavy atom. The van der Waals surface area contributed by atoms with Crippen molar-refractivity contribution < 1.29 is 30.0 Å². The Hall–Kier alpha value is -0.530.